The molecule has 0 aromatic rings. The topological polar surface area (TPSA) is 54.0 Å². The van der Waals surface area contributed by atoms with E-state index in [2.05, 4.69) is 33.8 Å². The van der Waals surface area contributed by atoms with Crippen LogP contribution in [0.15, 0.2) is 11.6 Å². The summed E-state index contributed by atoms with van der Waals surface area (Å²) >= 11 is 0. The molecule has 0 aromatic heterocycles. The molecule has 29 heavy (non-hydrogen) atoms. The van der Waals surface area contributed by atoms with Crippen molar-refractivity contribution < 1.29 is 23.7 Å². The lowest BCUT2D eigenvalue weighted by Crippen LogP contribution is -2.73. The van der Waals surface area contributed by atoms with Gasteiger partial charge in [-0.05, 0) is 71.1 Å². The monoisotopic (exact) mass is 404 g/mol. The summed E-state index contributed by atoms with van der Waals surface area (Å²) in [6.07, 6.45) is 5.86. The number of allylic oxidation sites excluding steroid dienone is 2. The molecule has 2 saturated heterocycles. The highest BCUT2D eigenvalue weighted by molar-refractivity contribution is 5.65. The number of carbonyl (C=O) groups excluding carboxylic acids is 1. The average Bonchev–Trinajstić information content (AvgIpc) is 2.89. The molecular formula is C24H36O5. The first-order chi connectivity index (χ1) is 13.6. The van der Waals surface area contributed by atoms with Crippen molar-refractivity contribution in [3.05, 3.63) is 11.6 Å². The van der Waals surface area contributed by atoms with Crippen molar-refractivity contribution in [1.82, 2.24) is 0 Å². The van der Waals surface area contributed by atoms with E-state index >= 15 is 0 Å². The Morgan fingerprint density at radius 1 is 1.17 bits per heavy atom. The second kappa shape index (κ2) is 6.23. The van der Waals surface area contributed by atoms with Gasteiger partial charge in [0, 0.05) is 17.8 Å². The van der Waals surface area contributed by atoms with E-state index in [-0.39, 0.29) is 17.9 Å². The minimum absolute atomic E-state index is 0.0170. The lowest BCUT2D eigenvalue weighted by atomic mass is 9.45. The van der Waals surface area contributed by atoms with Crippen molar-refractivity contribution in [3.63, 3.8) is 0 Å². The fourth-order valence-corrected chi connectivity index (χ4v) is 7.60. The summed E-state index contributed by atoms with van der Waals surface area (Å²) in [7, 11) is 0. The van der Waals surface area contributed by atoms with E-state index < -0.39 is 23.1 Å². The summed E-state index contributed by atoms with van der Waals surface area (Å²) in [6.45, 7) is 13.7. The van der Waals surface area contributed by atoms with Gasteiger partial charge in [-0.3, -0.25) is 0 Å². The number of rotatable bonds is 1. The van der Waals surface area contributed by atoms with E-state index in [9.17, 15) is 4.79 Å². The van der Waals surface area contributed by atoms with Crippen LogP contribution in [0, 0.1) is 35.5 Å². The minimum atomic E-state index is -0.619. The molecule has 5 heteroatoms. The maximum Gasteiger partial charge on any atom is 0.509 e. The largest absolute Gasteiger partial charge is 0.509 e. The van der Waals surface area contributed by atoms with Crippen LogP contribution in [0.5, 0.6) is 0 Å². The Labute approximate surface area is 174 Å². The molecule has 162 valence electrons. The molecule has 5 nitrogen and oxygen atoms in total. The van der Waals surface area contributed by atoms with Crippen LogP contribution in [0.3, 0.4) is 0 Å². The fourth-order valence-electron chi connectivity index (χ4n) is 7.60. The predicted octanol–water partition coefficient (Wildman–Crippen LogP) is 5.09. The SMILES string of the molecule is C/C1=C/C[C@H](C(C)C)[C@@H]2C[C@H]3COC(C)(C)O[C@H]3C3[C@H]1CC[C@@]1(C)OC(=O)O[C@]321. The van der Waals surface area contributed by atoms with Crippen LogP contribution >= 0.6 is 0 Å². The highest BCUT2D eigenvalue weighted by Gasteiger charge is 2.76. The molecule has 8 atom stereocenters. The first kappa shape index (κ1) is 19.9. The lowest BCUT2D eigenvalue weighted by molar-refractivity contribution is -0.347. The van der Waals surface area contributed by atoms with Crippen molar-refractivity contribution in [2.24, 2.45) is 35.5 Å². The predicted molar refractivity (Wildman–Crippen MR) is 108 cm³/mol. The number of hydrogen-bond donors (Lipinski definition) is 0. The standard InChI is InChI=1S/C24H36O5/c1-13(2)16-8-7-14(3)17-9-10-23(6)24(29-21(25)28-23)18(16)11-15-12-26-22(4,5)27-20(15)19(17)24/h7,13,15-20H,8-12H2,1-6H3/b14-7-/t15-,16+,17-,18-,19?,20+,23+,24-/m0/s1. The molecule has 0 aromatic carbocycles. The van der Waals surface area contributed by atoms with Gasteiger partial charge in [-0.25, -0.2) is 4.79 Å². The Hall–Kier alpha value is -1.07. The van der Waals surface area contributed by atoms with E-state index in [4.69, 9.17) is 18.9 Å². The Kier molecular flexibility index (Phi) is 4.27. The van der Waals surface area contributed by atoms with E-state index in [1.54, 1.807) is 0 Å². The molecule has 0 N–H and O–H groups in total. The summed E-state index contributed by atoms with van der Waals surface area (Å²) in [4.78, 5) is 12.7. The molecule has 3 aliphatic carbocycles. The smallest absolute Gasteiger partial charge is 0.424 e. The molecule has 2 aliphatic heterocycles. The summed E-state index contributed by atoms with van der Waals surface area (Å²) in [5.41, 5.74) is 0.223. The maximum atomic E-state index is 12.7. The molecular weight excluding hydrogens is 368 g/mol. The van der Waals surface area contributed by atoms with Crippen LogP contribution in [0.2, 0.25) is 0 Å². The zero-order valence-corrected chi connectivity index (χ0v) is 18.7. The Morgan fingerprint density at radius 3 is 2.66 bits per heavy atom. The van der Waals surface area contributed by atoms with Crippen LogP contribution in [-0.4, -0.2) is 35.9 Å². The van der Waals surface area contributed by atoms with Gasteiger partial charge < -0.3 is 18.9 Å². The van der Waals surface area contributed by atoms with Gasteiger partial charge in [0.25, 0.3) is 0 Å². The van der Waals surface area contributed by atoms with Gasteiger partial charge in [-0.1, -0.05) is 25.5 Å². The summed E-state index contributed by atoms with van der Waals surface area (Å²) in [6, 6.07) is 0. The molecule has 5 aliphatic rings. The maximum absolute atomic E-state index is 12.7. The van der Waals surface area contributed by atoms with Crippen LogP contribution in [-0.2, 0) is 18.9 Å². The first-order valence-electron chi connectivity index (χ1n) is 11.5. The van der Waals surface area contributed by atoms with Gasteiger partial charge in [-0.2, -0.15) is 0 Å². The molecule has 1 spiro atoms. The van der Waals surface area contributed by atoms with Gasteiger partial charge in [0.05, 0.1) is 12.7 Å². The number of ether oxygens (including phenoxy) is 4. The fraction of sp³-hybridized carbons (Fsp3) is 0.875. The van der Waals surface area contributed by atoms with Gasteiger partial charge in [0.15, 0.2) is 17.0 Å². The molecule has 1 unspecified atom stereocenters. The summed E-state index contributed by atoms with van der Waals surface area (Å²) < 4.78 is 25.1. The third kappa shape index (κ3) is 2.62. The molecule has 0 amide bonds. The molecule has 2 saturated carbocycles. The van der Waals surface area contributed by atoms with Crippen LogP contribution in [0.25, 0.3) is 0 Å². The third-order valence-electron chi connectivity index (χ3n) is 8.91. The van der Waals surface area contributed by atoms with Crippen molar-refractivity contribution in [1.29, 1.82) is 0 Å². The van der Waals surface area contributed by atoms with E-state index in [0.29, 0.717) is 30.3 Å². The Bertz CT molecular complexity index is 742. The lowest BCUT2D eigenvalue weighted by Gasteiger charge is -2.64. The highest BCUT2D eigenvalue weighted by atomic mass is 16.8. The second-order valence-corrected chi connectivity index (χ2v) is 11.1. The van der Waals surface area contributed by atoms with Crippen LogP contribution in [0.4, 0.5) is 4.79 Å². The first-order valence-corrected chi connectivity index (χ1v) is 11.5. The number of carbonyl (C=O) groups is 1. The Morgan fingerprint density at radius 2 is 1.93 bits per heavy atom. The molecule has 4 fully saturated rings. The molecule has 2 heterocycles. The van der Waals surface area contributed by atoms with Crippen molar-refractivity contribution in [2.45, 2.75) is 90.3 Å². The van der Waals surface area contributed by atoms with Gasteiger partial charge in [0.2, 0.25) is 0 Å². The number of fused-ring (bicyclic) bond motifs is 1. The summed E-state index contributed by atoms with van der Waals surface area (Å²) in [5.74, 6) is 1.38. The van der Waals surface area contributed by atoms with Crippen molar-refractivity contribution >= 4 is 6.16 Å². The quantitative estimate of drug-likeness (QED) is 0.450. The normalized spacial score (nSPS) is 52.2. The van der Waals surface area contributed by atoms with Gasteiger partial charge in [0.1, 0.15) is 0 Å². The average molecular weight is 405 g/mol. The molecule has 5 rings (SSSR count). The minimum Gasteiger partial charge on any atom is -0.424 e. The third-order valence-corrected chi connectivity index (χ3v) is 8.91. The molecule has 0 radical (unpaired) electrons. The van der Waals surface area contributed by atoms with Crippen molar-refractivity contribution in [3.8, 4) is 0 Å². The Balaban J connectivity index is 1.73. The number of hydrogen-bond acceptors (Lipinski definition) is 5. The van der Waals surface area contributed by atoms with Gasteiger partial charge >= 0.3 is 6.16 Å². The molecule has 4 bridgehead atoms. The van der Waals surface area contributed by atoms with E-state index in [1.807, 2.05) is 13.8 Å². The van der Waals surface area contributed by atoms with Gasteiger partial charge in [-0.15, -0.1) is 0 Å². The second-order valence-electron chi connectivity index (χ2n) is 11.1. The van der Waals surface area contributed by atoms with E-state index in [1.165, 1.54) is 5.57 Å². The zero-order valence-electron chi connectivity index (χ0n) is 18.7. The highest BCUT2D eigenvalue weighted by Crippen LogP contribution is 2.66. The zero-order chi connectivity index (χ0) is 20.8. The van der Waals surface area contributed by atoms with E-state index in [0.717, 1.165) is 25.7 Å². The van der Waals surface area contributed by atoms with Crippen LogP contribution < -0.4 is 0 Å². The van der Waals surface area contributed by atoms with Crippen molar-refractivity contribution in [2.75, 3.05) is 6.61 Å². The summed E-state index contributed by atoms with van der Waals surface area (Å²) in [5, 5.41) is 0. The van der Waals surface area contributed by atoms with Crippen LogP contribution in [0.1, 0.15) is 67.2 Å².